The van der Waals surface area contributed by atoms with Crippen LogP contribution in [0.25, 0.3) is 0 Å². The first-order valence-corrected chi connectivity index (χ1v) is 8.03. The summed E-state index contributed by atoms with van der Waals surface area (Å²) in [6.07, 6.45) is 3.59. The molecule has 1 aliphatic rings. The molecule has 0 unspecified atom stereocenters. The van der Waals surface area contributed by atoms with Crippen molar-refractivity contribution < 1.29 is 14.2 Å². The van der Waals surface area contributed by atoms with Crippen molar-refractivity contribution >= 4 is 0 Å². The minimum atomic E-state index is 0.571. The number of hydrogen-bond donors (Lipinski definition) is 1. The van der Waals surface area contributed by atoms with E-state index >= 15 is 0 Å². The molecule has 0 bridgehead atoms. The lowest BCUT2D eigenvalue weighted by molar-refractivity contribution is 0.109. The highest BCUT2D eigenvalue weighted by Gasteiger charge is 2.20. The van der Waals surface area contributed by atoms with Crippen LogP contribution in [0, 0.1) is 0 Å². The SMILES string of the molecule is CCCOc1ccc(CNC2CC2)c(OCCOCC)c1. The lowest BCUT2D eigenvalue weighted by Crippen LogP contribution is -2.16. The zero-order valence-corrected chi connectivity index (χ0v) is 13.2. The molecule has 1 aromatic carbocycles. The lowest BCUT2D eigenvalue weighted by Gasteiger charge is -2.14. The van der Waals surface area contributed by atoms with Crippen molar-refractivity contribution in [1.82, 2.24) is 5.32 Å². The van der Waals surface area contributed by atoms with Gasteiger partial charge in [-0.25, -0.2) is 0 Å². The molecule has 0 spiro atoms. The van der Waals surface area contributed by atoms with Crippen LogP contribution in [0.4, 0.5) is 0 Å². The first kappa shape index (κ1) is 16.1. The molecule has 1 aromatic rings. The fourth-order valence-electron chi connectivity index (χ4n) is 2.02. The Labute approximate surface area is 127 Å². The monoisotopic (exact) mass is 293 g/mol. The van der Waals surface area contributed by atoms with Crippen LogP contribution in [0.15, 0.2) is 18.2 Å². The van der Waals surface area contributed by atoms with E-state index in [0.717, 1.165) is 37.7 Å². The molecule has 1 N–H and O–H groups in total. The van der Waals surface area contributed by atoms with Crippen LogP contribution in [0.5, 0.6) is 11.5 Å². The molecule has 0 aromatic heterocycles. The predicted octanol–water partition coefficient (Wildman–Crippen LogP) is 3.14. The lowest BCUT2D eigenvalue weighted by atomic mass is 10.2. The smallest absolute Gasteiger partial charge is 0.127 e. The average Bonchev–Trinajstić information content (AvgIpc) is 3.32. The van der Waals surface area contributed by atoms with E-state index in [1.807, 2.05) is 19.1 Å². The van der Waals surface area contributed by atoms with Gasteiger partial charge in [0.25, 0.3) is 0 Å². The van der Waals surface area contributed by atoms with Crippen molar-refractivity contribution in [3.8, 4) is 11.5 Å². The molecule has 0 saturated heterocycles. The highest BCUT2D eigenvalue weighted by molar-refractivity contribution is 5.40. The second-order valence-corrected chi connectivity index (χ2v) is 5.32. The number of hydrogen-bond acceptors (Lipinski definition) is 4. The maximum absolute atomic E-state index is 5.87. The summed E-state index contributed by atoms with van der Waals surface area (Å²) in [6.45, 7) is 7.59. The molecule has 4 heteroatoms. The molecule has 1 saturated carbocycles. The zero-order chi connectivity index (χ0) is 14.9. The topological polar surface area (TPSA) is 39.7 Å². The summed E-state index contributed by atoms with van der Waals surface area (Å²) in [7, 11) is 0. The van der Waals surface area contributed by atoms with Gasteiger partial charge in [-0.05, 0) is 32.3 Å². The summed E-state index contributed by atoms with van der Waals surface area (Å²) >= 11 is 0. The van der Waals surface area contributed by atoms with Gasteiger partial charge in [0.15, 0.2) is 0 Å². The fourth-order valence-corrected chi connectivity index (χ4v) is 2.02. The minimum Gasteiger partial charge on any atom is -0.493 e. The Morgan fingerprint density at radius 2 is 1.95 bits per heavy atom. The van der Waals surface area contributed by atoms with Crippen LogP contribution in [-0.2, 0) is 11.3 Å². The maximum atomic E-state index is 5.87. The summed E-state index contributed by atoms with van der Waals surface area (Å²) in [6, 6.07) is 6.80. The minimum absolute atomic E-state index is 0.571. The normalized spacial score (nSPS) is 14.2. The van der Waals surface area contributed by atoms with Gasteiger partial charge in [-0.3, -0.25) is 0 Å². The van der Waals surface area contributed by atoms with Gasteiger partial charge in [0, 0.05) is 30.8 Å². The molecule has 0 aliphatic heterocycles. The van der Waals surface area contributed by atoms with E-state index < -0.39 is 0 Å². The van der Waals surface area contributed by atoms with E-state index in [-0.39, 0.29) is 0 Å². The van der Waals surface area contributed by atoms with Crippen LogP contribution >= 0.6 is 0 Å². The molecule has 0 radical (unpaired) electrons. The molecule has 21 heavy (non-hydrogen) atoms. The third-order valence-corrected chi connectivity index (χ3v) is 3.36. The Kier molecular flexibility index (Phi) is 6.83. The Morgan fingerprint density at radius 1 is 1.10 bits per heavy atom. The van der Waals surface area contributed by atoms with Gasteiger partial charge < -0.3 is 19.5 Å². The van der Waals surface area contributed by atoms with E-state index in [1.54, 1.807) is 0 Å². The molecule has 0 heterocycles. The van der Waals surface area contributed by atoms with Crippen molar-refractivity contribution in [3.63, 3.8) is 0 Å². The summed E-state index contributed by atoms with van der Waals surface area (Å²) in [5.41, 5.74) is 1.18. The third kappa shape index (κ3) is 5.94. The van der Waals surface area contributed by atoms with E-state index in [1.165, 1.54) is 18.4 Å². The number of rotatable bonds is 11. The van der Waals surface area contributed by atoms with Gasteiger partial charge in [0.05, 0.1) is 13.2 Å². The van der Waals surface area contributed by atoms with E-state index in [4.69, 9.17) is 14.2 Å². The number of ether oxygens (including phenoxy) is 3. The van der Waals surface area contributed by atoms with E-state index in [0.29, 0.717) is 19.3 Å². The van der Waals surface area contributed by atoms with Gasteiger partial charge in [0.2, 0.25) is 0 Å². The molecule has 2 rings (SSSR count). The Bertz CT molecular complexity index is 418. The summed E-state index contributed by atoms with van der Waals surface area (Å²) < 4.78 is 16.9. The van der Waals surface area contributed by atoms with Gasteiger partial charge >= 0.3 is 0 Å². The molecular weight excluding hydrogens is 266 g/mol. The van der Waals surface area contributed by atoms with Crippen LogP contribution in [0.3, 0.4) is 0 Å². The van der Waals surface area contributed by atoms with E-state index in [9.17, 15) is 0 Å². The molecule has 1 aliphatic carbocycles. The number of benzene rings is 1. The van der Waals surface area contributed by atoms with Crippen LogP contribution in [0.1, 0.15) is 38.7 Å². The van der Waals surface area contributed by atoms with Gasteiger partial charge in [-0.15, -0.1) is 0 Å². The molecule has 0 amide bonds. The second-order valence-electron chi connectivity index (χ2n) is 5.32. The molecule has 1 fully saturated rings. The largest absolute Gasteiger partial charge is 0.493 e. The Balaban J connectivity index is 1.94. The Hall–Kier alpha value is -1.26. The van der Waals surface area contributed by atoms with Crippen LogP contribution in [-0.4, -0.2) is 32.5 Å². The van der Waals surface area contributed by atoms with Gasteiger partial charge in [0.1, 0.15) is 18.1 Å². The van der Waals surface area contributed by atoms with Gasteiger partial charge in [-0.1, -0.05) is 13.0 Å². The maximum Gasteiger partial charge on any atom is 0.127 e. The molecule has 0 atom stereocenters. The van der Waals surface area contributed by atoms with Crippen LogP contribution in [0.2, 0.25) is 0 Å². The van der Waals surface area contributed by atoms with E-state index in [2.05, 4.69) is 18.3 Å². The molecule has 4 nitrogen and oxygen atoms in total. The first-order chi connectivity index (χ1) is 10.3. The van der Waals surface area contributed by atoms with Crippen molar-refractivity contribution in [1.29, 1.82) is 0 Å². The Morgan fingerprint density at radius 3 is 2.67 bits per heavy atom. The third-order valence-electron chi connectivity index (χ3n) is 3.36. The highest BCUT2D eigenvalue weighted by atomic mass is 16.5. The quantitative estimate of drug-likeness (QED) is 0.636. The zero-order valence-electron chi connectivity index (χ0n) is 13.2. The summed E-state index contributed by atoms with van der Waals surface area (Å²) in [5, 5.41) is 3.53. The van der Waals surface area contributed by atoms with Crippen molar-refractivity contribution in [3.05, 3.63) is 23.8 Å². The molecule has 118 valence electrons. The second kappa shape index (κ2) is 8.90. The number of nitrogens with one attached hydrogen (secondary N) is 1. The van der Waals surface area contributed by atoms with Crippen molar-refractivity contribution in [2.24, 2.45) is 0 Å². The average molecular weight is 293 g/mol. The molecular formula is C17H27NO3. The van der Waals surface area contributed by atoms with Crippen molar-refractivity contribution in [2.75, 3.05) is 26.4 Å². The van der Waals surface area contributed by atoms with Crippen molar-refractivity contribution in [2.45, 2.75) is 45.7 Å². The fraction of sp³-hybridized carbons (Fsp3) is 0.647. The highest BCUT2D eigenvalue weighted by Crippen LogP contribution is 2.27. The summed E-state index contributed by atoms with van der Waals surface area (Å²) in [4.78, 5) is 0. The van der Waals surface area contributed by atoms with Crippen LogP contribution < -0.4 is 14.8 Å². The van der Waals surface area contributed by atoms with Gasteiger partial charge in [-0.2, -0.15) is 0 Å². The standard InChI is InChI=1S/C17H27NO3/c1-3-9-20-16-8-5-14(13-18-15-6-7-15)17(12-16)21-11-10-19-4-2/h5,8,12,15,18H,3-4,6-7,9-11,13H2,1-2H3. The summed E-state index contributed by atoms with van der Waals surface area (Å²) in [5.74, 6) is 1.77. The first-order valence-electron chi connectivity index (χ1n) is 8.03. The predicted molar refractivity (Wildman–Crippen MR) is 84.1 cm³/mol.